The van der Waals surface area contributed by atoms with Gasteiger partial charge in [0.1, 0.15) is 0 Å². The van der Waals surface area contributed by atoms with Gasteiger partial charge in [0.05, 0.1) is 0 Å². The molecule has 0 aromatic heterocycles. The van der Waals surface area contributed by atoms with Crippen LogP contribution in [0.1, 0.15) is 67.2 Å². The van der Waals surface area contributed by atoms with Crippen molar-refractivity contribution in [2.24, 2.45) is 17.1 Å². The Kier molecular flexibility index (Phi) is 6.90. The molecule has 0 saturated heterocycles. The topological polar surface area (TPSA) is 55.1 Å². The maximum atomic E-state index is 11.9. The van der Waals surface area contributed by atoms with Crippen LogP contribution in [0.3, 0.4) is 0 Å². The molecule has 18 heavy (non-hydrogen) atoms. The van der Waals surface area contributed by atoms with Gasteiger partial charge in [0, 0.05) is 12.0 Å². The minimum atomic E-state index is -0.0951. The van der Waals surface area contributed by atoms with E-state index in [4.69, 9.17) is 5.73 Å². The summed E-state index contributed by atoms with van der Waals surface area (Å²) in [7, 11) is 0. The van der Waals surface area contributed by atoms with Crippen LogP contribution in [-0.4, -0.2) is 18.0 Å². The van der Waals surface area contributed by atoms with Crippen molar-refractivity contribution in [2.45, 2.75) is 72.8 Å². The Balaban J connectivity index is 4.24. The fourth-order valence-corrected chi connectivity index (χ4v) is 2.05. The lowest BCUT2D eigenvalue weighted by atomic mass is 9.76. The molecular weight excluding hydrogens is 224 g/mol. The summed E-state index contributed by atoms with van der Waals surface area (Å²) in [4.78, 5) is 11.9. The molecule has 1 atom stereocenters. The van der Waals surface area contributed by atoms with Gasteiger partial charge < -0.3 is 11.1 Å². The van der Waals surface area contributed by atoms with Crippen LogP contribution in [0.2, 0.25) is 0 Å². The number of nitrogens with one attached hydrogen (secondary N) is 1. The lowest BCUT2D eigenvalue weighted by Crippen LogP contribution is -2.43. The number of carbonyl (C=O) groups excluding carboxylic acids is 1. The smallest absolute Gasteiger partial charge is 0.220 e. The third kappa shape index (κ3) is 7.00. The van der Waals surface area contributed by atoms with E-state index in [0.717, 1.165) is 19.3 Å². The second kappa shape index (κ2) is 7.13. The highest BCUT2D eigenvalue weighted by Crippen LogP contribution is 2.32. The molecule has 0 aliphatic rings. The normalized spacial score (nSPS) is 14.4. The van der Waals surface area contributed by atoms with Crippen molar-refractivity contribution in [1.29, 1.82) is 0 Å². The van der Waals surface area contributed by atoms with Crippen LogP contribution >= 0.6 is 0 Å². The zero-order valence-corrected chi connectivity index (χ0v) is 13.1. The molecular formula is C15H32N2O. The molecule has 0 rings (SSSR count). The SMILES string of the molecule is CCC(C)(C)NC(=O)CCC(CCN)C(C)(C)C. The van der Waals surface area contributed by atoms with E-state index in [2.05, 4.69) is 46.9 Å². The Morgan fingerprint density at radius 3 is 2.11 bits per heavy atom. The van der Waals surface area contributed by atoms with Crippen molar-refractivity contribution >= 4 is 5.91 Å². The molecule has 3 nitrogen and oxygen atoms in total. The first kappa shape index (κ1) is 17.4. The van der Waals surface area contributed by atoms with E-state index in [1.54, 1.807) is 0 Å². The lowest BCUT2D eigenvalue weighted by Gasteiger charge is -2.31. The fourth-order valence-electron chi connectivity index (χ4n) is 2.05. The number of carbonyl (C=O) groups is 1. The van der Waals surface area contributed by atoms with Crippen LogP contribution in [0.5, 0.6) is 0 Å². The van der Waals surface area contributed by atoms with Crippen molar-refractivity contribution < 1.29 is 4.79 Å². The molecule has 0 heterocycles. The molecule has 108 valence electrons. The maximum Gasteiger partial charge on any atom is 0.220 e. The molecule has 0 bridgehead atoms. The van der Waals surface area contributed by atoms with Crippen molar-refractivity contribution in [3.8, 4) is 0 Å². The molecule has 3 heteroatoms. The maximum absolute atomic E-state index is 11.9. The van der Waals surface area contributed by atoms with Crippen LogP contribution in [-0.2, 0) is 4.79 Å². The van der Waals surface area contributed by atoms with Crippen LogP contribution in [0.15, 0.2) is 0 Å². The standard InChI is InChI=1S/C15H32N2O/c1-7-15(5,6)17-13(18)9-8-12(10-11-16)14(2,3)4/h12H,7-11,16H2,1-6H3,(H,17,18). The van der Waals surface area contributed by atoms with Gasteiger partial charge in [0.25, 0.3) is 0 Å². The number of amides is 1. The molecule has 0 aromatic rings. The van der Waals surface area contributed by atoms with Crippen LogP contribution in [0, 0.1) is 11.3 Å². The molecule has 0 spiro atoms. The van der Waals surface area contributed by atoms with Crippen LogP contribution in [0.4, 0.5) is 0 Å². The summed E-state index contributed by atoms with van der Waals surface area (Å²) in [6.45, 7) is 13.6. The average molecular weight is 256 g/mol. The molecule has 3 N–H and O–H groups in total. The van der Waals surface area contributed by atoms with Gasteiger partial charge >= 0.3 is 0 Å². The number of hydrogen-bond donors (Lipinski definition) is 2. The minimum absolute atomic E-state index is 0.0951. The first-order chi connectivity index (χ1) is 8.12. The number of hydrogen-bond acceptors (Lipinski definition) is 2. The van der Waals surface area contributed by atoms with Crippen LogP contribution in [0.25, 0.3) is 0 Å². The van der Waals surface area contributed by atoms with Gasteiger partial charge in [-0.15, -0.1) is 0 Å². The number of rotatable bonds is 7. The van der Waals surface area contributed by atoms with Crippen molar-refractivity contribution in [3.05, 3.63) is 0 Å². The van der Waals surface area contributed by atoms with E-state index < -0.39 is 0 Å². The molecule has 1 amide bonds. The Labute approximate surface area is 113 Å². The summed E-state index contributed by atoms with van der Waals surface area (Å²) < 4.78 is 0. The monoisotopic (exact) mass is 256 g/mol. The highest BCUT2D eigenvalue weighted by molar-refractivity contribution is 5.76. The van der Waals surface area contributed by atoms with Gasteiger partial charge in [-0.05, 0) is 51.0 Å². The second-order valence-corrected chi connectivity index (χ2v) is 6.96. The molecule has 0 fully saturated rings. The van der Waals surface area contributed by atoms with E-state index in [1.165, 1.54) is 0 Å². The zero-order valence-electron chi connectivity index (χ0n) is 13.1. The molecule has 0 saturated carbocycles. The van der Waals surface area contributed by atoms with Crippen LogP contribution < -0.4 is 11.1 Å². The third-order valence-electron chi connectivity index (χ3n) is 3.82. The van der Waals surface area contributed by atoms with Gasteiger partial charge in [-0.25, -0.2) is 0 Å². The lowest BCUT2D eigenvalue weighted by molar-refractivity contribution is -0.123. The van der Waals surface area contributed by atoms with E-state index >= 15 is 0 Å². The largest absolute Gasteiger partial charge is 0.351 e. The summed E-state index contributed by atoms with van der Waals surface area (Å²) in [5.74, 6) is 0.672. The summed E-state index contributed by atoms with van der Waals surface area (Å²) in [5, 5.41) is 3.08. The first-order valence-electron chi connectivity index (χ1n) is 7.13. The van der Waals surface area contributed by atoms with Gasteiger partial charge in [-0.3, -0.25) is 4.79 Å². The summed E-state index contributed by atoms with van der Waals surface area (Å²) in [5.41, 5.74) is 5.78. The highest BCUT2D eigenvalue weighted by Gasteiger charge is 2.25. The Bertz CT molecular complexity index is 254. The average Bonchev–Trinajstić information content (AvgIpc) is 2.22. The molecule has 0 radical (unpaired) electrons. The van der Waals surface area contributed by atoms with E-state index in [1.807, 2.05) is 0 Å². The fraction of sp³-hybridized carbons (Fsp3) is 0.933. The predicted octanol–water partition coefficient (Wildman–Crippen LogP) is 3.08. The molecule has 0 aliphatic carbocycles. The summed E-state index contributed by atoms with van der Waals surface area (Å²) in [6, 6.07) is 0. The first-order valence-corrected chi connectivity index (χ1v) is 7.13. The van der Waals surface area contributed by atoms with Crippen molar-refractivity contribution in [1.82, 2.24) is 5.32 Å². The summed E-state index contributed by atoms with van der Waals surface area (Å²) >= 11 is 0. The summed E-state index contributed by atoms with van der Waals surface area (Å²) in [6.07, 6.45) is 3.47. The zero-order chi connectivity index (χ0) is 14.4. The van der Waals surface area contributed by atoms with Gasteiger partial charge in [-0.1, -0.05) is 27.7 Å². The van der Waals surface area contributed by atoms with Gasteiger partial charge in [0.15, 0.2) is 0 Å². The molecule has 0 aliphatic heterocycles. The Morgan fingerprint density at radius 1 is 1.17 bits per heavy atom. The van der Waals surface area contributed by atoms with E-state index in [0.29, 0.717) is 18.9 Å². The Hall–Kier alpha value is -0.570. The van der Waals surface area contributed by atoms with Gasteiger partial charge in [-0.2, -0.15) is 0 Å². The van der Waals surface area contributed by atoms with E-state index in [-0.39, 0.29) is 16.9 Å². The van der Waals surface area contributed by atoms with Crippen molar-refractivity contribution in [2.75, 3.05) is 6.54 Å². The van der Waals surface area contributed by atoms with Gasteiger partial charge in [0.2, 0.25) is 5.91 Å². The number of nitrogens with two attached hydrogens (primary N) is 1. The highest BCUT2D eigenvalue weighted by atomic mass is 16.1. The van der Waals surface area contributed by atoms with E-state index in [9.17, 15) is 4.79 Å². The Morgan fingerprint density at radius 2 is 1.72 bits per heavy atom. The second-order valence-electron chi connectivity index (χ2n) is 6.96. The quantitative estimate of drug-likeness (QED) is 0.735. The van der Waals surface area contributed by atoms with Crippen molar-refractivity contribution in [3.63, 3.8) is 0 Å². The minimum Gasteiger partial charge on any atom is -0.351 e. The molecule has 1 unspecified atom stereocenters. The molecule has 0 aromatic carbocycles. The third-order valence-corrected chi connectivity index (χ3v) is 3.82. The predicted molar refractivity (Wildman–Crippen MR) is 78.4 cm³/mol.